The van der Waals surface area contributed by atoms with Crippen LogP contribution < -0.4 is 108 Å². The van der Waals surface area contributed by atoms with Crippen molar-refractivity contribution in [2.75, 3.05) is 24.7 Å². The van der Waals surface area contributed by atoms with Crippen LogP contribution in [0.2, 0.25) is 0 Å². The first kappa shape index (κ1) is 37.3. The van der Waals surface area contributed by atoms with E-state index in [9.17, 15) is 26.5 Å². The Bertz CT molecular complexity index is 629. The van der Waals surface area contributed by atoms with Gasteiger partial charge in [0.25, 0.3) is 10.1 Å². The summed E-state index contributed by atoms with van der Waals surface area (Å²) in [5.74, 6) is -0.749. The van der Waals surface area contributed by atoms with Gasteiger partial charge in [-0.05, 0) is 12.8 Å². The number of epoxide rings is 1. The molecule has 1 heterocycles. The Kier molecular flexibility index (Phi) is 29.5. The molecule has 0 saturated carbocycles. The standard InChI is InChI=1S/C8H13O4S.C5H8O.C3H6O3S.2K/c1-3-5-8(9)7-12-13(10,11)6-4-2;1-2-3-5-4-6-5;1-2-3-7(4,5)6;;/h3-4,8H,1-2,5-7H2;2,5H,1,3-4H2;2H,1,3H2,(H,4,5,6);;/q-1;;;2*+1/p-1. The van der Waals surface area contributed by atoms with E-state index in [4.69, 9.17) is 4.74 Å². The maximum absolute atomic E-state index is 10.9. The van der Waals surface area contributed by atoms with Crippen LogP contribution in [0.15, 0.2) is 50.6 Å². The van der Waals surface area contributed by atoms with Gasteiger partial charge in [-0.15, -0.1) is 26.3 Å². The van der Waals surface area contributed by atoms with Crippen LogP contribution in [0.25, 0.3) is 0 Å². The zero-order chi connectivity index (χ0) is 20.6. The van der Waals surface area contributed by atoms with Gasteiger partial charge >= 0.3 is 103 Å². The average molecular weight is 489 g/mol. The second kappa shape index (κ2) is 22.2. The molecule has 8 nitrogen and oxygen atoms in total. The largest absolute Gasteiger partial charge is 1.00 e. The van der Waals surface area contributed by atoms with Crippen molar-refractivity contribution in [3.8, 4) is 0 Å². The second-order valence-corrected chi connectivity index (χ2v) is 8.07. The third-order valence-electron chi connectivity index (χ3n) is 2.34. The Hall–Kier alpha value is 1.97. The van der Waals surface area contributed by atoms with Gasteiger partial charge in [-0.1, -0.05) is 30.4 Å². The van der Waals surface area contributed by atoms with E-state index < -0.39 is 32.1 Å². The van der Waals surface area contributed by atoms with E-state index in [2.05, 4.69) is 30.5 Å². The first-order valence-electron chi connectivity index (χ1n) is 7.53. The van der Waals surface area contributed by atoms with Gasteiger partial charge in [0.1, 0.15) is 0 Å². The van der Waals surface area contributed by atoms with Crippen molar-refractivity contribution < 1.29 is 138 Å². The van der Waals surface area contributed by atoms with E-state index in [0.29, 0.717) is 6.10 Å². The number of hydrogen-bond acceptors (Lipinski definition) is 8. The summed E-state index contributed by atoms with van der Waals surface area (Å²) in [6.07, 6.45) is 6.27. The van der Waals surface area contributed by atoms with Crippen LogP contribution in [0, 0.1) is 0 Å². The first-order valence-corrected chi connectivity index (χ1v) is 10.7. The number of ether oxygens (including phenoxy) is 1. The van der Waals surface area contributed by atoms with Crippen molar-refractivity contribution in [3.63, 3.8) is 0 Å². The topological polar surface area (TPSA) is 136 Å². The summed E-state index contributed by atoms with van der Waals surface area (Å²) in [5.41, 5.74) is 0. The molecule has 1 fully saturated rings. The maximum atomic E-state index is 10.9. The van der Waals surface area contributed by atoms with Crippen molar-refractivity contribution in [2.24, 2.45) is 0 Å². The van der Waals surface area contributed by atoms with Crippen molar-refractivity contribution in [1.29, 1.82) is 0 Å². The Balaban J connectivity index is -0.000000163. The molecule has 0 bridgehead atoms. The minimum atomic E-state index is -4.04. The minimum Gasteiger partial charge on any atom is -0.850 e. The molecule has 1 aliphatic heterocycles. The Labute approximate surface area is 254 Å². The van der Waals surface area contributed by atoms with Crippen LogP contribution in [0.1, 0.15) is 12.8 Å². The van der Waals surface area contributed by atoms with Gasteiger partial charge in [0.05, 0.1) is 40.9 Å². The van der Waals surface area contributed by atoms with Gasteiger partial charge in [-0.25, -0.2) is 8.42 Å². The Morgan fingerprint density at radius 3 is 1.75 bits per heavy atom. The second-order valence-electron chi connectivity index (χ2n) is 4.94. The fourth-order valence-corrected chi connectivity index (χ4v) is 2.19. The third kappa shape index (κ3) is 32.6. The van der Waals surface area contributed by atoms with Gasteiger partial charge in [0, 0.05) is 0 Å². The summed E-state index contributed by atoms with van der Waals surface area (Å²) < 4.78 is 59.9. The van der Waals surface area contributed by atoms with Gasteiger partial charge in [-0.3, -0.25) is 4.18 Å². The van der Waals surface area contributed by atoms with Gasteiger partial charge < -0.3 is 14.4 Å². The molecular weight excluding hydrogens is 462 g/mol. The van der Waals surface area contributed by atoms with Gasteiger partial charge in [0.2, 0.25) is 0 Å². The molecule has 0 aromatic rings. The molecule has 152 valence electrons. The molecule has 1 saturated heterocycles. The number of rotatable bonds is 11. The molecule has 0 radical (unpaired) electrons. The van der Waals surface area contributed by atoms with E-state index in [1.807, 2.05) is 6.08 Å². The molecule has 28 heavy (non-hydrogen) atoms. The van der Waals surface area contributed by atoms with Crippen molar-refractivity contribution in [3.05, 3.63) is 50.6 Å². The summed E-state index contributed by atoms with van der Waals surface area (Å²) in [6.45, 7) is 13.8. The normalized spacial score (nSPS) is 15.4. The van der Waals surface area contributed by atoms with E-state index in [0.717, 1.165) is 19.1 Å². The fraction of sp³-hybridized carbons (Fsp3) is 0.500. The summed E-state index contributed by atoms with van der Waals surface area (Å²) in [7, 11) is -7.64. The van der Waals surface area contributed by atoms with Crippen LogP contribution >= 0.6 is 0 Å². The van der Waals surface area contributed by atoms with Gasteiger partial charge in [-0.2, -0.15) is 8.42 Å². The third-order valence-corrected chi connectivity index (χ3v) is 4.12. The molecule has 2 unspecified atom stereocenters. The molecule has 0 N–H and O–H groups in total. The summed E-state index contributed by atoms with van der Waals surface area (Å²) >= 11 is 0. The smallest absolute Gasteiger partial charge is 0.850 e. The predicted molar refractivity (Wildman–Crippen MR) is 97.9 cm³/mol. The van der Waals surface area contributed by atoms with E-state index >= 15 is 0 Å². The van der Waals surface area contributed by atoms with Gasteiger partial charge in [0.15, 0.2) is 0 Å². The van der Waals surface area contributed by atoms with Crippen molar-refractivity contribution in [2.45, 2.75) is 25.0 Å². The summed E-state index contributed by atoms with van der Waals surface area (Å²) in [4.78, 5) is 0. The number of hydrogen-bond donors (Lipinski definition) is 0. The molecule has 1 aliphatic rings. The molecule has 0 amide bonds. The quantitative estimate of drug-likeness (QED) is 0.0924. The zero-order valence-electron chi connectivity index (χ0n) is 16.6. The van der Waals surface area contributed by atoms with E-state index in [-0.39, 0.29) is 122 Å². The summed E-state index contributed by atoms with van der Waals surface area (Å²) in [5, 5.41) is 10.9. The maximum Gasteiger partial charge on any atom is 1.00 e. The molecule has 0 aliphatic carbocycles. The Morgan fingerprint density at radius 2 is 1.50 bits per heavy atom. The molecule has 0 aromatic carbocycles. The van der Waals surface area contributed by atoms with E-state index in [1.54, 1.807) is 0 Å². The van der Waals surface area contributed by atoms with Crippen LogP contribution in [0.4, 0.5) is 0 Å². The molecule has 0 spiro atoms. The molecule has 2 atom stereocenters. The van der Waals surface area contributed by atoms with Crippen molar-refractivity contribution in [1.82, 2.24) is 0 Å². The van der Waals surface area contributed by atoms with Crippen LogP contribution in [-0.4, -0.2) is 58.3 Å². The average Bonchev–Trinajstić information content (AvgIpc) is 3.30. The minimum absolute atomic E-state index is 0. The molecule has 1 rings (SSSR count). The molecular formula is C16H26K2O8S2. The Morgan fingerprint density at radius 1 is 1.00 bits per heavy atom. The summed E-state index contributed by atoms with van der Waals surface area (Å²) in [6, 6.07) is 0. The molecule has 0 aromatic heterocycles. The van der Waals surface area contributed by atoms with Crippen molar-refractivity contribution >= 4 is 20.2 Å². The SMILES string of the molecule is C=CCC([O-])COS(=O)(=O)CC=C.C=CCC1CO1.C=CCS(=O)(=O)[O-].[K+].[K+]. The van der Waals surface area contributed by atoms with E-state index in [1.165, 1.54) is 12.2 Å². The van der Waals surface area contributed by atoms with Crippen LogP contribution in [0.3, 0.4) is 0 Å². The first-order chi connectivity index (χ1) is 12.0. The predicted octanol–water partition coefficient (Wildman–Crippen LogP) is -5.49. The monoisotopic (exact) mass is 488 g/mol. The van der Waals surface area contributed by atoms with Crippen LogP contribution in [0.5, 0.6) is 0 Å². The molecule has 12 heteroatoms. The van der Waals surface area contributed by atoms with Crippen LogP contribution in [-0.2, 0) is 29.2 Å². The fourth-order valence-electron chi connectivity index (χ4n) is 1.16. The zero-order valence-corrected chi connectivity index (χ0v) is 24.5.